The molecule has 1 aliphatic heterocycles. The van der Waals surface area contributed by atoms with Gasteiger partial charge in [0, 0.05) is 17.1 Å². The maximum atomic E-state index is 5.62. The minimum Gasteiger partial charge on any atom is -0.378 e. The Morgan fingerprint density at radius 3 is 2.83 bits per heavy atom. The van der Waals surface area contributed by atoms with Gasteiger partial charge in [-0.1, -0.05) is 28.1 Å². The number of benzene rings is 1. The summed E-state index contributed by atoms with van der Waals surface area (Å²) >= 11 is 3.46. The number of nitrogens with one attached hydrogen (secondary N) is 1. The van der Waals surface area contributed by atoms with Gasteiger partial charge in [-0.2, -0.15) is 0 Å². The molecule has 2 nitrogen and oxygen atoms in total. The van der Waals surface area contributed by atoms with Crippen LogP contribution in [0.5, 0.6) is 0 Å². The Morgan fingerprint density at radius 2 is 2.17 bits per heavy atom. The average molecular weight is 312 g/mol. The van der Waals surface area contributed by atoms with Crippen molar-refractivity contribution in [1.29, 1.82) is 0 Å². The normalized spacial score (nSPS) is 21.1. The van der Waals surface area contributed by atoms with E-state index < -0.39 is 0 Å². The molecule has 0 bridgehead atoms. The fraction of sp³-hybridized carbons (Fsp3) is 0.600. The molecule has 2 rings (SSSR count). The largest absolute Gasteiger partial charge is 0.378 e. The van der Waals surface area contributed by atoms with Gasteiger partial charge in [-0.25, -0.2) is 0 Å². The van der Waals surface area contributed by atoms with Crippen molar-refractivity contribution >= 4 is 15.9 Å². The van der Waals surface area contributed by atoms with Crippen LogP contribution in [0.1, 0.15) is 44.2 Å². The van der Waals surface area contributed by atoms with Gasteiger partial charge in [-0.05, 0) is 56.8 Å². The molecule has 1 aromatic carbocycles. The minimum absolute atomic E-state index is 0.419. The van der Waals surface area contributed by atoms with Crippen molar-refractivity contribution < 1.29 is 4.74 Å². The Kier molecular flexibility index (Phi) is 5.67. The molecule has 1 N–H and O–H groups in total. The van der Waals surface area contributed by atoms with E-state index in [1.54, 1.807) is 0 Å². The molecule has 100 valence electrons. The molecule has 0 aliphatic carbocycles. The van der Waals surface area contributed by atoms with Crippen LogP contribution in [0.2, 0.25) is 0 Å². The highest BCUT2D eigenvalue weighted by atomic mass is 79.9. The lowest BCUT2D eigenvalue weighted by molar-refractivity contribution is 0.102. The average Bonchev–Trinajstić information content (AvgIpc) is 2.88. The van der Waals surface area contributed by atoms with Gasteiger partial charge in [0.2, 0.25) is 0 Å². The van der Waals surface area contributed by atoms with Gasteiger partial charge in [-0.3, -0.25) is 0 Å². The molecule has 2 atom stereocenters. The van der Waals surface area contributed by atoms with E-state index in [0.717, 1.165) is 17.6 Å². The summed E-state index contributed by atoms with van der Waals surface area (Å²) in [7, 11) is 0. The molecule has 0 aromatic heterocycles. The zero-order valence-electron chi connectivity index (χ0n) is 11.0. The Morgan fingerprint density at radius 1 is 1.39 bits per heavy atom. The van der Waals surface area contributed by atoms with Gasteiger partial charge in [0.05, 0.1) is 6.10 Å². The summed E-state index contributed by atoms with van der Waals surface area (Å²) in [6.07, 6.45) is 5.41. The van der Waals surface area contributed by atoms with Crippen molar-refractivity contribution in [1.82, 2.24) is 5.32 Å². The van der Waals surface area contributed by atoms with Crippen LogP contribution in [0.25, 0.3) is 0 Å². The van der Waals surface area contributed by atoms with Crippen LogP contribution in [0.15, 0.2) is 28.7 Å². The molecule has 0 radical (unpaired) electrons. The second kappa shape index (κ2) is 7.27. The van der Waals surface area contributed by atoms with Crippen LogP contribution in [-0.2, 0) is 4.74 Å². The quantitative estimate of drug-likeness (QED) is 0.800. The zero-order valence-corrected chi connectivity index (χ0v) is 12.6. The van der Waals surface area contributed by atoms with Gasteiger partial charge in [0.1, 0.15) is 0 Å². The molecule has 1 aliphatic rings. The molecule has 0 spiro atoms. The first-order valence-electron chi connectivity index (χ1n) is 6.86. The van der Waals surface area contributed by atoms with E-state index >= 15 is 0 Å². The molecule has 1 fully saturated rings. The third-order valence-corrected chi connectivity index (χ3v) is 4.08. The Labute approximate surface area is 118 Å². The standard InChI is InChI=1S/C15H22BrNO/c1-12(13-6-8-14(16)9-7-13)17-10-2-4-15-5-3-11-18-15/h6-9,12,15,17H,2-5,10-11H2,1H3. The number of rotatable bonds is 6. The van der Waals surface area contributed by atoms with Crippen LogP contribution in [0.4, 0.5) is 0 Å². The maximum Gasteiger partial charge on any atom is 0.0576 e. The summed E-state index contributed by atoms with van der Waals surface area (Å²) in [6, 6.07) is 8.95. The van der Waals surface area contributed by atoms with Crippen LogP contribution in [0.3, 0.4) is 0 Å². The highest BCUT2D eigenvalue weighted by Gasteiger charge is 2.14. The highest BCUT2D eigenvalue weighted by Crippen LogP contribution is 2.18. The van der Waals surface area contributed by atoms with Gasteiger partial charge in [0.15, 0.2) is 0 Å². The van der Waals surface area contributed by atoms with Crippen molar-refractivity contribution in [2.45, 2.75) is 44.8 Å². The monoisotopic (exact) mass is 311 g/mol. The van der Waals surface area contributed by atoms with E-state index in [0.29, 0.717) is 12.1 Å². The van der Waals surface area contributed by atoms with Gasteiger partial charge in [-0.15, -0.1) is 0 Å². The summed E-state index contributed by atoms with van der Waals surface area (Å²) < 4.78 is 6.76. The molecule has 2 unspecified atom stereocenters. The van der Waals surface area contributed by atoms with E-state index in [2.05, 4.69) is 52.4 Å². The lowest BCUT2D eigenvalue weighted by Crippen LogP contribution is -2.21. The summed E-state index contributed by atoms with van der Waals surface area (Å²) in [6.45, 7) is 4.25. The third-order valence-electron chi connectivity index (χ3n) is 3.55. The van der Waals surface area contributed by atoms with Crippen molar-refractivity contribution in [2.75, 3.05) is 13.2 Å². The number of hydrogen-bond acceptors (Lipinski definition) is 2. The van der Waals surface area contributed by atoms with Crippen molar-refractivity contribution in [3.8, 4) is 0 Å². The summed E-state index contributed by atoms with van der Waals surface area (Å²) in [5.41, 5.74) is 1.34. The molecule has 18 heavy (non-hydrogen) atoms. The van der Waals surface area contributed by atoms with Crippen LogP contribution in [0, 0.1) is 0 Å². The predicted molar refractivity (Wildman–Crippen MR) is 78.8 cm³/mol. The fourth-order valence-corrected chi connectivity index (χ4v) is 2.65. The molecule has 1 saturated heterocycles. The minimum atomic E-state index is 0.419. The molecule has 1 aromatic rings. The lowest BCUT2D eigenvalue weighted by atomic mass is 10.1. The highest BCUT2D eigenvalue weighted by molar-refractivity contribution is 9.10. The topological polar surface area (TPSA) is 21.3 Å². The Balaban J connectivity index is 1.64. The molecular formula is C15H22BrNO. The smallest absolute Gasteiger partial charge is 0.0576 e. The van der Waals surface area contributed by atoms with Crippen molar-refractivity contribution in [3.63, 3.8) is 0 Å². The van der Waals surface area contributed by atoms with E-state index in [4.69, 9.17) is 4.74 Å². The van der Waals surface area contributed by atoms with Gasteiger partial charge < -0.3 is 10.1 Å². The molecule has 0 saturated carbocycles. The van der Waals surface area contributed by atoms with E-state index in [1.807, 2.05) is 0 Å². The lowest BCUT2D eigenvalue weighted by Gasteiger charge is -2.15. The number of halogens is 1. The summed E-state index contributed by atoms with van der Waals surface area (Å²) in [4.78, 5) is 0. The Bertz CT molecular complexity index is 346. The number of hydrogen-bond donors (Lipinski definition) is 1. The SMILES string of the molecule is CC(NCCCC1CCCO1)c1ccc(Br)cc1. The predicted octanol–water partition coefficient (Wildman–Crippen LogP) is 4.06. The van der Waals surface area contributed by atoms with Gasteiger partial charge >= 0.3 is 0 Å². The third kappa shape index (κ3) is 4.38. The summed E-state index contributed by atoms with van der Waals surface area (Å²) in [5, 5.41) is 3.57. The first-order chi connectivity index (χ1) is 8.75. The van der Waals surface area contributed by atoms with E-state index in [-0.39, 0.29) is 0 Å². The first-order valence-corrected chi connectivity index (χ1v) is 7.65. The van der Waals surface area contributed by atoms with Crippen molar-refractivity contribution in [2.24, 2.45) is 0 Å². The Hall–Kier alpha value is -0.380. The molecular weight excluding hydrogens is 290 g/mol. The van der Waals surface area contributed by atoms with E-state index in [9.17, 15) is 0 Å². The fourth-order valence-electron chi connectivity index (χ4n) is 2.39. The second-order valence-electron chi connectivity index (χ2n) is 5.00. The van der Waals surface area contributed by atoms with Crippen molar-refractivity contribution in [3.05, 3.63) is 34.3 Å². The maximum absolute atomic E-state index is 5.62. The molecule has 1 heterocycles. The van der Waals surface area contributed by atoms with Gasteiger partial charge in [0.25, 0.3) is 0 Å². The number of ether oxygens (including phenoxy) is 1. The molecule has 0 amide bonds. The summed E-state index contributed by atoms with van der Waals surface area (Å²) in [5.74, 6) is 0. The zero-order chi connectivity index (χ0) is 12.8. The van der Waals surface area contributed by atoms with E-state index in [1.165, 1.54) is 31.2 Å². The first kappa shape index (κ1) is 14.0. The van der Waals surface area contributed by atoms with Crippen LogP contribution >= 0.6 is 15.9 Å². The molecule has 3 heteroatoms. The van der Waals surface area contributed by atoms with Crippen LogP contribution in [-0.4, -0.2) is 19.3 Å². The second-order valence-corrected chi connectivity index (χ2v) is 5.92. The van der Waals surface area contributed by atoms with Crippen LogP contribution < -0.4 is 5.32 Å².